The number of likely N-dealkylation sites (tertiary alicyclic amines) is 1. The van der Waals surface area contributed by atoms with Gasteiger partial charge in [0.25, 0.3) is 0 Å². The standard InChI is InChI=1S/C18H26N2O3/c1-12-6-13(2)16(14(3)7-12)19-17(22)20-8-15-4-5-23-11-18(15,9-20)10-21/h6-7,15,21H,4-5,8-11H2,1-3H3,(H,19,22)/t15-,18+/m0/s1. The Kier molecular flexibility index (Phi) is 4.34. The highest BCUT2D eigenvalue weighted by atomic mass is 16.5. The molecule has 0 radical (unpaired) electrons. The Bertz CT molecular complexity index is 593. The second-order valence-corrected chi connectivity index (χ2v) is 7.14. The third kappa shape index (κ3) is 2.95. The number of aliphatic hydroxyl groups excluding tert-OH is 1. The van der Waals surface area contributed by atoms with Crippen LogP contribution in [0.3, 0.4) is 0 Å². The Morgan fingerprint density at radius 2 is 2.09 bits per heavy atom. The number of rotatable bonds is 2. The minimum Gasteiger partial charge on any atom is -0.396 e. The van der Waals surface area contributed by atoms with Crippen molar-refractivity contribution < 1.29 is 14.6 Å². The van der Waals surface area contributed by atoms with E-state index in [0.717, 1.165) is 29.8 Å². The van der Waals surface area contributed by atoms with E-state index in [1.165, 1.54) is 5.56 Å². The number of nitrogens with zero attached hydrogens (tertiary/aromatic N) is 1. The van der Waals surface area contributed by atoms with E-state index in [9.17, 15) is 9.90 Å². The van der Waals surface area contributed by atoms with E-state index in [2.05, 4.69) is 24.4 Å². The lowest BCUT2D eigenvalue weighted by atomic mass is 9.76. The molecule has 0 saturated carbocycles. The number of anilines is 1. The molecule has 5 nitrogen and oxygen atoms in total. The average molecular weight is 318 g/mol. The summed E-state index contributed by atoms with van der Waals surface area (Å²) in [6.45, 7) is 8.68. The quantitative estimate of drug-likeness (QED) is 0.880. The first kappa shape index (κ1) is 16.3. The van der Waals surface area contributed by atoms with Gasteiger partial charge in [-0.25, -0.2) is 4.79 Å². The molecule has 2 heterocycles. The number of fused-ring (bicyclic) bond motifs is 1. The van der Waals surface area contributed by atoms with Crippen LogP contribution >= 0.6 is 0 Å². The predicted octanol–water partition coefficient (Wildman–Crippen LogP) is 2.47. The zero-order valence-corrected chi connectivity index (χ0v) is 14.2. The van der Waals surface area contributed by atoms with Gasteiger partial charge in [0.15, 0.2) is 0 Å². The third-order valence-electron chi connectivity index (χ3n) is 5.32. The van der Waals surface area contributed by atoms with Gasteiger partial charge in [-0.05, 0) is 44.2 Å². The van der Waals surface area contributed by atoms with Crippen molar-refractivity contribution >= 4 is 11.7 Å². The molecule has 0 bridgehead atoms. The van der Waals surface area contributed by atoms with E-state index in [-0.39, 0.29) is 18.1 Å². The lowest BCUT2D eigenvalue weighted by molar-refractivity contribution is -0.0555. The first-order valence-corrected chi connectivity index (χ1v) is 8.27. The maximum Gasteiger partial charge on any atom is 0.321 e. The van der Waals surface area contributed by atoms with Crippen LogP contribution < -0.4 is 5.32 Å². The van der Waals surface area contributed by atoms with Gasteiger partial charge in [-0.3, -0.25) is 0 Å². The van der Waals surface area contributed by atoms with Crippen LogP contribution in [0.5, 0.6) is 0 Å². The fourth-order valence-electron chi connectivity index (χ4n) is 4.04. The van der Waals surface area contributed by atoms with E-state index in [0.29, 0.717) is 25.6 Å². The summed E-state index contributed by atoms with van der Waals surface area (Å²) in [5.74, 6) is 0.326. The molecule has 2 aliphatic rings. The monoisotopic (exact) mass is 318 g/mol. The number of benzene rings is 1. The highest BCUT2D eigenvalue weighted by Crippen LogP contribution is 2.41. The molecule has 0 spiro atoms. The predicted molar refractivity (Wildman–Crippen MR) is 89.7 cm³/mol. The summed E-state index contributed by atoms with van der Waals surface area (Å²) in [7, 11) is 0. The largest absolute Gasteiger partial charge is 0.396 e. The van der Waals surface area contributed by atoms with E-state index in [1.54, 1.807) is 0 Å². The van der Waals surface area contributed by atoms with E-state index in [1.807, 2.05) is 18.7 Å². The summed E-state index contributed by atoms with van der Waals surface area (Å²) in [5, 5.41) is 12.9. The Balaban J connectivity index is 1.75. The maximum absolute atomic E-state index is 12.7. The number of carbonyl (C=O) groups is 1. The minimum absolute atomic E-state index is 0.0734. The van der Waals surface area contributed by atoms with Gasteiger partial charge in [-0.1, -0.05) is 17.7 Å². The molecule has 5 heteroatoms. The molecular formula is C18H26N2O3. The molecule has 2 aliphatic heterocycles. The number of nitrogens with one attached hydrogen (secondary N) is 1. The number of amides is 2. The molecule has 2 atom stereocenters. The second kappa shape index (κ2) is 6.13. The second-order valence-electron chi connectivity index (χ2n) is 7.14. The lowest BCUT2D eigenvalue weighted by Gasteiger charge is -2.36. The Morgan fingerprint density at radius 3 is 2.70 bits per heavy atom. The summed E-state index contributed by atoms with van der Waals surface area (Å²) >= 11 is 0. The first-order chi connectivity index (χ1) is 10.9. The molecule has 0 aromatic heterocycles. The van der Waals surface area contributed by atoms with Gasteiger partial charge >= 0.3 is 6.03 Å². The lowest BCUT2D eigenvalue weighted by Crippen LogP contribution is -2.43. The van der Waals surface area contributed by atoms with Crippen LogP contribution in [0.25, 0.3) is 0 Å². The summed E-state index contributed by atoms with van der Waals surface area (Å²) in [4.78, 5) is 14.5. The highest BCUT2D eigenvalue weighted by Gasteiger charge is 2.49. The molecule has 1 aromatic rings. The van der Waals surface area contributed by atoms with Crippen LogP contribution in [0.4, 0.5) is 10.5 Å². The fourth-order valence-corrected chi connectivity index (χ4v) is 4.04. The van der Waals surface area contributed by atoms with Crippen LogP contribution in [0.2, 0.25) is 0 Å². The molecule has 0 aliphatic carbocycles. The zero-order valence-electron chi connectivity index (χ0n) is 14.2. The van der Waals surface area contributed by atoms with Crippen molar-refractivity contribution in [3.8, 4) is 0 Å². The molecule has 2 saturated heterocycles. The van der Waals surface area contributed by atoms with Crippen molar-refractivity contribution in [2.75, 3.05) is 38.2 Å². The van der Waals surface area contributed by atoms with Gasteiger partial charge < -0.3 is 20.1 Å². The zero-order chi connectivity index (χ0) is 16.6. The summed E-state index contributed by atoms with van der Waals surface area (Å²) in [6, 6.07) is 4.08. The molecule has 23 heavy (non-hydrogen) atoms. The number of urea groups is 1. The van der Waals surface area contributed by atoms with E-state index >= 15 is 0 Å². The summed E-state index contributed by atoms with van der Waals surface area (Å²) in [5.41, 5.74) is 3.96. The number of ether oxygens (including phenoxy) is 1. The number of hydrogen-bond donors (Lipinski definition) is 2. The van der Waals surface area contributed by atoms with Gasteiger partial charge in [0.1, 0.15) is 0 Å². The normalized spacial score (nSPS) is 27.0. The van der Waals surface area contributed by atoms with Crippen molar-refractivity contribution in [1.82, 2.24) is 4.90 Å². The summed E-state index contributed by atoms with van der Waals surface area (Å²) in [6.07, 6.45) is 0.910. The van der Waals surface area contributed by atoms with Crippen LogP contribution in [0.15, 0.2) is 12.1 Å². The molecular weight excluding hydrogens is 292 g/mol. The topological polar surface area (TPSA) is 61.8 Å². The Hall–Kier alpha value is -1.59. The molecule has 0 unspecified atom stereocenters. The third-order valence-corrected chi connectivity index (χ3v) is 5.32. The average Bonchev–Trinajstić information content (AvgIpc) is 2.91. The van der Waals surface area contributed by atoms with Crippen LogP contribution in [-0.2, 0) is 4.74 Å². The van der Waals surface area contributed by atoms with Gasteiger partial charge in [-0.2, -0.15) is 0 Å². The smallest absolute Gasteiger partial charge is 0.321 e. The van der Waals surface area contributed by atoms with Crippen LogP contribution in [0.1, 0.15) is 23.1 Å². The van der Waals surface area contributed by atoms with Gasteiger partial charge in [-0.15, -0.1) is 0 Å². The highest BCUT2D eigenvalue weighted by molar-refractivity contribution is 5.91. The fraction of sp³-hybridized carbons (Fsp3) is 0.611. The molecule has 1 aromatic carbocycles. The van der Waals surface area contributed by atoms with Crippen molar-refractivity contribution in [2.24, 2.45) is 11.3 Å². The van der Waals surface area contributed by atoms with E-state index in [4.69, 9.17) is 4.74 Å². The minimum atomic E-state index is -0.285. The van der Waals surface area contributed by atoms with Gasteiger partial charge in [0.2, 0.25) is 0 Å². The van der Waals surface area contributed by atoms with Crippen molar-refractivity contribution in [2.45, 2.75) is 27.2 Å². The van der Waals surface area contributed by atoms with Crippen molar-refractivity contribution in [1.29, 1.82) is 0 Å². The molecule has 2 fully saturated rings. The van der Waals surface area contributed by atoms with Crippen molar-refractivity contribution in [3.63, 3.8) is 0 Å². The first-order valence-electron chi connectivity index (χ1n) is 8.27. The summed E-state index contributed by atoms with van der Waals surface area (Å²) < 4.78 is 5.56. The van der Waals surface area contributed by atoms with E-state index < -0.39 is 0 Å². The number of aryl methyl sites for hydroxylation is 3. The Labute approximate surface area is 137 Å². The SMILES string of the molecule is Cc1cc(C)c(NC(=O)N2C[C@@H]3CCOC[C@]3(CO)C2)c(C)c1. The number of carbonyl (C=O) groups excluding carboxylic acids is 1. The van der Waals surface area contributed by atoms with Crippen LogP contribution in [0, 0.1) is 32.1 Å². The number of aliphatic hydroxyl groups is 1. The molecule has 2 amide bonds. The number of hydrogen-bond acceptors (Lipinski definition) is 3. The van der Waals surface area contributed by atoms with Gasteiger partial charge in [0.05, 0.1) is 13.2 Å². The molecule has 126 valence electrons. The van der Waals surface area contributed by atoms with Crippen LogP contribution in [-0.4, -0.2) is 48.9 Å². The Morgan fingerprint density at radius 1 is 1.39 bits per heavy atom. The van der Waals surface area contributed by atoms with Crippen molar-refractivity contribution in [3.05, 3.63) is 28.8 Å². The molecule has 3 rings (SSSR count). The molecule has 2 N–H and O–H groups in total. The van der Waals surface area contributed by atoms with Gasteiger partial charge in [0, 0.05) is 30.8 Å². The maximum atomic E-state index is 12.7.